The fourth-order valence-electron chi connectivity index (χ4n) is 2.61. The molecule has 3 N–H and O–H groups in total. The molecule has 0 bridgehead atoms. The van der Waals surface area contributed by atoms with Crippen molar-refractivity contribution in [2.24, 2.45) is 4.99 Å². The average Bonchev–Trinajstić information content (AvgIpc) is 2.92. The van der Waals surface area contributed by atoms with E-state index in [4.69, 9.17) is 11.6 Å². The number of hydrogen-bond donors (Lipinski definition) is 3. The van der Waals surface area contributed by atoms with Crippen LogP contribution in [0.3, 0.4) is 0 Å². The van der Waals surface area contributed by atoms with E-state index in [1.54, 1.807) is 0 Å². The molecule has 1 aliphatic heterocycles. The molecule has 1 fully saturated rings. The largest absolute Gasteiger partial charge is 0.357 e. The van der Waals surface area contributed by atoms with Crippen LogP contribution in [0.2, 0.25) is 5.02 Å². The summed E-state index contributed by atoms with van der Waals surface area (Å²) in [5.74, 6) is 0.655. The van der Waals surface area contributed by atoms with E-state index in [-0.39, 0.29) is 53.9 Å². The van der Waals surface area contributed by atoms with Crippen LogP contribution in [0.4, 0.5) is 0 Å². The third-order valence-electron chi connectivity index (χ3n) is 3.92. The summed E-state index contributed by atoms with van der Waals surface area (Å²) >= 11 is 5.87. The molecule has 1 aliphatic rings. The summed E-state index contributed by atoms with van der Waals surface area (Å²) in [6.07, 6.45) is 0.745. The number of carbonyl (C=O) groups excluding carboxylic acids is 1. The number of nitrogens with zero attached hydrogens (tertiary/aromatic N) is 1. The van der Waals surface area contributed by atoms with Gasteiger partial charge in [0.1, 0.15) is 0 Å². The van der Waals surface area contributed by atoms with Gasteiger partial charge in [-0.05, 0) is 31.0 Å². The van der Waals surface area contributed by atoms with E-state index < -0.39 is 9.84 Å². The number of benzene rings is 1. The highest BCUT2D eigenvalue weighted by Gasteiger charge is 2.28. The molecule has 1 saturated heterocycles. The first-order valence-corrected chi connectivity index (χ1v) is 10.8. The minimum Gasteiger partial charge on any atom is -0.357 e. The summed E-state index contributed by atoms with van der Waals surface area (Å²) in [5.41, 5.74) is 1.03. The number of rotatable bonds is 7. The van der Waals surface area contributed by atoms with Crippen LogP contribution in [0.25, 0.3) is 0 Å². The predicted octanol–water partition coefficient (Wildman–Crippen LogP) is 1.71. The molecular formula is C17H26ClIN4O3S. The molecule has 1 aromatic carbocycles. The summed E-state index contributed by atoms with van der Waals surface area (Å²) in [4.78, 5) is 16.4. The van der Waals surface area contributed by atoms with Crippen molar-refractivity contribution in [2.75, 3.05) is 24.6 Å². The Labute approximate surface area is 182 Å². The summed E-state index contributed by atoms with van der Waals surface area (Å²) in [6, 6.07) is 7.21. The number of amides is 1. The van der Waals surface area contributed by atoms with Crippen LogP contribution < -0.4 is 16.0 Å². The van der Waals surface area contributed by atoms with Crippen LogP contribution >= 0.6 is 35.6 Å². The Kier molecular flexibility index (Phi) is 10.4. The first-order valence-electron chi connectivity index (χ1n) is 8.64. The summed E-state index contributed by atoms with van der Waals surface area (Å²) in [6.45, 7) is 3.59. The maximum absolute atomic E-state index is 11.9. The predicted molar refractivity (Wildman–Crippen MR) is 120 cm³/mol. The molecule has 0 spiro atoms. The zero-order valence-corrected chi connectivity index (χ0v) is 19.1. The SMILES string of the molecule is CCNC(=NCc1ccc(Cl)cc1)NCCC(=O)NC1CCS(=O)(=O)C1.I. The molecular weight excluding hydrogens is 503 g/mol. The van der Waals surface area contributed by atoms with Crippen LogP contribution in [0.5, 0.6) is 0 Å². The van der Waals surface area contributed by atoms with E-state index in [1.807, 2.05) is 31.2 Å². The monoisotopic (exact) mass is 528 g/mol. The van der Waals surface area contributed by atoms with Crippen molar-refractivity contribution in [3.63, 3.8) is 0 Å². The number of carbonyl (C=O) groups is 1. The number of aliphatic imine (C=N–C) groups is 1. The molecule has 1 unspecified atom stereocenters. The molecule has 1 aromatic rings. The van der Waals surface area contributed by atoms with Crippen molar-refractivity contribution in [3.05, 3.63) is 34.9 Å². The third-order valence-corrected chi connectivity index (χ3v) is 5.94. The van der Waals surface area contributed by atoms with Gasteiger partial charge in [-0.15, -0.1) is 24.0 Å². The lowest BCUT2D eigenvalue weighted by Gasteiger charge is -2.13. The number of sulfone groups is 1. The van der Waals surface area contributed by atoms with Gasteiger partial charge in [0, 0.05) is 30.6 Å². The van der Waals surface area contributed by atoms with Crippen molar-refractivity contribution >= 4 is 57.3 Å². The van der Waals surface area contributed by atoms with Gasteiger partial charge in [0.25, 0.3) is 0 Å². The Balaban J connectivity index is 0.00000364. The Hall–Kier alpha value is -1.07. The Morgan fingerprint density at radius 3 is 2.56 bits per heavy atom. The summed E-state index contributed by atoms with van der Waals surface area (Å²) in [7, 11) is -2.99. The number of guanidine groups is 1. The second-order valence-electron chi connectivity index (χ2n) is 6.17. The first kappa shape index (κ1) is 24.0. The van der Waals surface area contributed by atoms with Gasteiger partial charge in [0.05, 0.1) is 18.1 Å². The topological polar surface area (TPSA) is 99.7 Å². The van der Waals surface area contributed by atoms with E-state index in [0.29, 0.717) is 37.0 Å². The van der Waals surface area contributed by atoms with Gasteiger partial charge in [-0.3, -0.25) is 4.79 Å². The smallest absolute Gasteiger partial charge is 0.222 e. The molecule has 2 rings (SSSR count). The Morgan fingerprint density at radius 1 is 1.26 bits per heavy atom. The van der Waals surface area contributed by atoms with Crippen LogP contribution in [0.15, 0.2) is 29.3 Å². The highest BCUT2D eigenvalue weighted by Crippen LogP contribution is 2.11. The summed E-state index contributed by atoms with van der Waals surface area (Å²) in [5, 5.41) is 9.69. The number of hydrogen-bond acceptors (Lipinski definition) is 4. The fourth-order valence-corrected chi connectivity index (χ4v) is 4.40. The van der Waals surface area contributed by atoms with Crippen molar-refractivity contribution in [3.8, 4) is 0 Å². The standard InChI is InChI=1S/C17H25ClN4O3S.HI/c1-2-19-17(21-11-13-3-5-14(18)6-4-13)20-9-7-16(23)22-15-8-10-26(24,25)12-15;/h3-6,15H,2,7-12H2,1H3,(H,22,23)(H2,19,20,21);1H. The molecule has 0 radical (unpaired) electrons. The van der Waals surface area contributed by atoms with Crippen LogP contribution in [0.1, 0.15) is 25.3 Å². The highest BCUT2D eigenvalue weighted by atomic mass is 127. The van der Waals surface area contributed by atoms with E-state index in [2.05, 4.69) is 20.9 Å². The number of halogens is 2. The van der Waals surface area contributed by atoms with Crippen molar-refractivity contribution < 1.29 is 13.2 Å². The van der Waals surface area contributed by atoms with Crippen molar-refractivity contribution in [1.29, 1.82) is 0 Å². The molecule has 7 nitrogen and oxygen atoms in total. The molecule has 0 aliphatic carbocycles. The number of nitrogens with one attached hydrogen (secondary N) is 3. The maximum atomic E-state index is 11.9. The molecule has 0 saturated carbocycles. The van der Waals surface area contributed by atoms with Crippen molar-refractivity contribution in [2.45, 2.75) is 32.4 Å². The molecule has 1 amide bonds. The van der Waals surface area contributed by atoms with Gasteiger partial charge in [-0.2, -0.15) is 0 Å². The summed E-state index contributed by atoms with van der Waals surface area (Å²) < 4.78 is 22.8. The molecule has 10 heteroatoms. The van der Waals surface area contributed by atoms with Gasteiger partial charge in [0.15, 0.2) is 15.8 Å². The van der Waals surface area contributed by atoms with Gasteiger partial charge in [-0.1, -0.05) is 23.7 Å². The van der Waals surface area contributed by atoms with E-state index in [0.717, 1.165) is 5.56 Å². The zero-order valence-electron chi connectivity index (χ0n) is 15.2. The highest BCUT2D eigenvalue weighted by molar-refractivity contribution is 14.0. The Morgan fingerprint density at radius 2 is 1.96 bits per heavy atom. The minimum absolute atomic E-state index is 0. The Bertz CT molecular complexity index is 741. The van der Waals surface area contributed by atoms with Gasteiger partial charge in [-0.25, -0.2) is 13.4 Å². The van der Waals surface area contributed by atoms with Crippen LogP contribution in [0, 0.1) is 0 Å². The molecule has 1 heterocycles. The van der Waals surface area contributed by atoms with Crippen molar-refractivity contribution in [1.82, 2.24) is 16.0 Å². The lowest BCUT2D eigenvalue weighted by molar-refractivity contribution is -0.121. The average molecular weight is 529 g/mol. The second kappa shape index (κ2) is 11.7. The van der Waals surface area contributed by atoms with Crippen LogP contribution in [-0.2, 0) is 21.2 Å². The molecule has 0 aromatic heterocycles. The molecule has 1 atom stereocenters. The maximum Gasteiger partial charge on any atom is 0.222 e. The van der Waals surface area contributed by atoms with Gasteiger partial charge >= 0.3 is 0 Å². The van der Waals surface area contributed by atoms with E-state index in [9.17, 15) is 13.2 Å². The minimum atomic E-state index is -2.99. The molecule has 152 valence electrons. The lowest BCUT2D eigenvalue weighted by atomic mass is 10.2. The van der Waals surface area contributed by atoms with E-state index in [1.165, 1.54) is 0 Å². The second-order valence-corrected chi connectivity index (χ2v) is 8.83. The normalized spacial score (nSPS) is 18.4. The van der Waals surface area contributed by atoms with E-state index >= 15 is 0 Å². The third kappa shape index (κ3) is 9.11. The fraction of sp³-hybridized carbons (Fsp3) is 0.529. The van der Waals surface area contributed by atoms with Gasteiger partial charge < -0.3 is 16.0 Å². The van der Waals surface area contributed by atoms with Gasteiger partial charge in [0.2, 0.25) is 5.91 Å². The van der Waals surface area contributed by atoms with Crippen LogP contribution in [-0.4, -0.2) is 50.9 Å². The first-order chi connectivity index (χ1) is 12.4. The molecule has 27 heavy (non-hydrogen) atoms. The lowest BCUT2D eigenvalue weighted by Crippen LogP contribution is -2.41. The quantitative estimate of drug-likeness (QED) is 0.284. The zero-order chi connectivity index (χ0) is 19.0.